The molecule has 0 aliphatic heterocycles. The van der Waals surface area contributed by atoms with Gasteiger partial charge in [-0.05, 0) is 11.8 Å². The Balaban J connectivity index is 3.54. The zero-order valence-corrected chi connectivity index (χ0v) is 6.52. The van der Waals surface area contributed by atoms with E-state index in [-0.39, 0.29) is 12.0 Å². The summed E-state index contributed by atoms with van der Waals surface area (Å²) in [5, 5.41) is 19.3. The van der Waals surface area contributed by atoms with Gasteiger partial charge < -0.3 is 10.4 Å². The van der Waals surface area contributed by atoms with Crippen molar-refractivity contribution in [3.05, 3.63) is 0 Å². The van der Waals surface area contributed by atoms with E-state index in [4.69, 9.17) is 10.4 Å². The molecule has 0 amide bonds. The first-order valence-electron chi connectivity index (χ1n) is 3.35. The van der Waals surface area contributed by atoms with E-state index in [2.05, 4.69) is 5.32 Å². The van der Waals surface area contributed by atoms with Crippen LogP contribution in [0.4, 0.5) is 0 Å². The zero-order chi connectivity index (χ0) is 8.04. The van der Waals surface area contributed by atoms with Gasteiger partial charge in [-0.2, -0.15) is 5.26 Å². The van der Waals surface area contributed by atoms with Gasteiger partial charge in [-0.1, -0.05) is 13.8 Å². The fourth-order valence-corrected chi connectivity index (χ4v) is 0.670. The lowest BCUT2D eigenvalue weighted by Gasteiger charge is -2.21. The third kappa shape index (κ3) is 4.16. The molecule has 0 spiro atoms. The van der Waals surface area contributed by atoms with Crippen LogP contribution in [0.5, 0.6) is 0 Å². The standard InChI is InChI=1S/C7H14N2O/c1-7(2,3-4-10)5-9-6-8/h9-10H,3-5H2,1-2H3. The smallest absolute Gasteiger partial charge is 0.176 e. The van der Waals surface area contributed by atoms with Crippen LogP contribution in [0.25, 0.3) is 0 Å². The Morgan fingerprint density at radius 3 is 2.60 bits per heavy atom. The number of aliphatic hydroxyl groups is 1. The van der Waals surface area contributed by atoms with E-state index in [1.165, 1.54) is 0 Å². The highest BCUT2D eigenvalue weighted by Crippen LogP contribution is 2.17. The molecule has 58 valence electrons. The molecule has 0 aromatic rings. The normalized spacial score (nSPS) is 10.6. The van der Waals surface area contributed by atoms with Crippen LogP contribution in [0, 0.1) is 16.9 Å². The summed E-state index contributed by atoms with van der Waals surface area (Å²) in [5.41, 5.74) is 0.0183. The quantitative estimate of drug-likeness (QED) is 0.443. The first kappa shape index (κ1) is 9.25. The van der Waals surface area contributed by atoms with Crippen molar-refractivity contribution in [3.8, 4) is 6.19 Å². The second kappa shape index (κ2) is 4.13. The molecule has 0 aliphatic rings. The summed E-state index contributed by atoms with van der Waals surface area (Å²) >= 11 is 0. The second-order valence-corrected chi connectivity index (χ2v) is 3.10. The van der Waals surface area contributed by atoms with Gasteiger partial charge in [0.05, 0.1) is 0 Å². The Morgan fingerprint density at radius 1 is 1.60 bits per heavy atom. The topological polar surface area (TPSA) is 56.0 Å². The summed E-state index contributed by atoms with van der Waals surface area (Å²) in [6.07, 6.45) is 2.57. The van der Waals surface area contributed by atoms with E-state index in [1.54, 1.807) is 0 Å². The molecule has 0 aromatic heterocycles. The average Bonchev–Trinajstić information content (AvgIpc) is 1.84. The monoisotopic (exact) mass is 142 g/mol. The van der Waals surface area contributed by atoms with Gasteiger partial charge in [0.15, 0.2) is 6.19 Å². The first-order valence-corrected chi connectivity index (χ1v) is 3.35. The van der Waals surface area contributed by atoms with Crippen LogP contribution < -0.4 is 5.32 Å². The van der Waals surface area contributed by atoms with E-state index in [0.717, 1.165) is 6.42 Å². The van der Waals surface area contributed by atoms with Crippen LogP contribution in [0.2, 0.25) is 0 Å². The predicted molar refractivity (Wildman–Crippen MR) is 39.1 cm³/mol. The summed E-state index contributed by atoms with van der Waals surface area (Å²) in [7, 11) is 0. The van der Waals surface area contributed by atoms with Gasteiger partial charge >= 0.3 is 0 Å². The molecule has 10 heavy (non-hydrogen) atoms. The van der Waals surface area contributed by atoms with Crippen molar-refractivity contribution in [1.29, 1.82) is 5.26 Å². The lowest BCUT2D eigenvalue weighted by atomic mass is 9.90. The minimum atomic E-state index is 0.0183. The van der Waals surface area contributed by atoms with Gasteiger partial charge in [0, 0.05) is 13.2 Å². The molecule has 0 aromatic carbocycles. The Morgan fingerprint density at radius 2 is 2.20 bits per heavy atom. The molecule has 0 saturated carbocycles. The van der Waals surface area contributed by atoms with Gasteiger partial charge in [-0.3, -0.25) is 0 Å². The van der Waals surface area contributed by atoms with E-state index < -0.39 is 0 Å². The molecule has 0 radical (unpaired) electrons. The van der Waals surface area contributed by atoms with E-state index in [9.17, 15) is 0 Å². The molecule has 0 aliphatic carbocycles. The molecule has 0 unspecified atom stereocenters. The van der Waals surface area contributed by atoms with Crippen LogP contribution in [-0.2, 0) is 0 Å². The molecule has 0 atom stereocenters. The van der Waals surface area contributed by atoms with E-state index >= 15 is 0 Å². The van der Waals surface area contributed by atoms with Crippen LogP contribution in [0.1, 0.15) is 20.3 Å². The Labute approximate surface area is 61.7 Å². The average molecular weight is 142 g/mol. The number of hydrogen-bond donors (Lipinski definition) is 2. The maximum Gasteiger partial charge on any atom is 0.176 e. The number of nitriles is 1. The summed E-state index contributed by atoms with van der Waals surface area (Å²) in [6.45, 7) is 4.82. The fraction of sp³-hybridized carbons (Fsp3) is 0.857. The number of nitrogens with one attached hydrogen (secondary N) is 1. The van der Waals surface area contributed by atoms with E-state index in [0.29, 0.717) is 6.54 Å². The predicted octanol–water partition coefficient (Wildman–Crippen LogP) is 0.466. The summed E-state index contributed by atoms with van der Waals surface area (Å²) < 4.78 is 0. The zero-order valence-electron chi connectivity index (χ0n) is 6.52. The van der Waals surface area contributed by atoms with Gasteiger partial charge in [-0.25, -0.2) is 0 Å². The molecule has 0 bridgehead atoms. The Hall–Kier alpha value is -0.750. The third-order valence-electron chi connectivity index (χ3n) is 1.43. The van der Waals surface area contributed by atoms with Crippen molar-refractivity contribution in [1.82, 2.24) is 5.32 Å². The van der Waals surface area contributed by atoms with Crippen molar-refractivity contribution in [3.63, 3.8) is 0 Å². The third-order valence-corrected chi connectivity index (χ3v) is 1.43. The second-order valence-electron chi connectivity index (χ2n) is 3.10. The highest BCUT2D eigenvalue weighted by atomic mass is 16.3. The molecule has 2 N–H and O–H groups in total. The molecule has 3 heteroatoms. The molecular formula is C7H14N2O. The van der Waals surface area contributed by atoms with Crippen molar-refractivity contribution >= 4 is 0 Å². The minimum Gasteiger partial charge on any atom is -0.396 e. The van der Waals surface area contributed by atoms with Crippen LogP contribution in [-0.4, -0.2) is 18.3 Å². The Bertz CT molecular complexity index is 126. The lowest BCUT2D eigenvalue weighted by Crippen LogP contribution is -2.27. The lowest BCUT2D eigenvalue weighted by molar-refractivity contribution is 0.212. The highest BCUT2D eigenvalue weighted by Gasteiger charge is 2.15. The van der Waals surface area contributed by atoms with Crippen LogP contribution in [0.3, 0.4) is 0 Å². The Kier molecular flexibility index (Phi) is 3.82. The first-order chi connectivity index (χ1) is 4.62. The van der Waals surface area contributed by atoms with Gasteiger partial charge in [0.2, 0.25) is 0 Å². The highest BCUT2D eigenvalue weighted by molar-refractivity contribution is 4.76. The maximum absolute atomic E-state index is 8.59. The summed E-state index contributed by atoms with van der Waals surface area (Å²) in [4.78, 5) is 0. The molecule has 3 nitrogen and oxygen atoms in total. The molecule has 0 saturated heterocycles. The maximum atomic E-state index is 8.59. The fourth-order valence-electron chi connectivity index (χ4n) is 0.670. The summed E-state index contributed by atoms with van der Waals surface area (Å²) in [5.74, 6) is 0. The minimum absolute atomic E-state index is 0.0183. The molecule has 0 heterocycles. The van der Waals surface area contributed by atoms with Crippen molar-refractivity contribution in [2.45, 2.75) is 20.3 Å². The van der Waals surface area contributed by atoms with Crippen molar-refractivity contribution in [2.24, 2.45) is 5.41 Å². The van der Waals surface area contributed by atoms with Crippen LogP contribution >= 0.6 is 0 Å². The van der Waals surface area contributed by atoms with Crippen molar-refractivity contribution < 1.29 is 5.11 Å². The van der Waals surface area contributed by atoms with Gasteiger partial charge in [0.1, 0.15) is 0 Å². The van der Waals surface area contributed by atoms with Gasteiger partial charge in [-0.15, -0.1) is 0 Å². The number of nitrogens with zero attached hydrogens (tertiary/aromatic N) is 1. The molecular weight excluding hydrogens is 128 g/mol. The van der Waals surface area contributed by atoms with Crippen molar-refractivity contribution in [2.75, 3.05) is 13.2 Å². The number of aliphatic hydroxyl groups excluding tert-OH is 1. The SMILES string of the molecule is CC(C)(CCO)CNC#N. The van der Waals surface area contributed by atoms with Crippen LogP contribution in [0.15, 0.2) is 0 Å². The largest absolute Gasteiger partial charge is 0.396 e. The van der Waals surface area contributed by atoms with E-state index in [1.807, 2.05) is 20.0 Å². The molecule has 0 rings (SSSR count). The number of rotatable bonds is 4. The molecule has 0 fully saturated rings. The van der Waals surface area contributed by atoms with Gasteiger partial charge in [0.25, 0.3) is 0 Å². The number of hydrogen-bond acceptors (Lipinski definition) is 3. The summed E-state index contributed by atoms with van der Waals surface area (Å²) in [6, 6.07) is 0.